The maximum Gasteiger partial charge on any atom is 0.233 e. The smallest absolute Gasteiger partial charge is 0.233 e. The van der Waals surface area contributed by atoms with E-state index in [-0.39, 0.29) is 23.7 Å². The van der Waals surface area contributed by atoms with Crippen molar-refractivity contribution < 1.29 is 9.59 Å². The summed E-state index contributed by atoms with van der Waals surface area (Å²) in [5.74, 6) is 2.63. The van der Waals surface area contributed by atoms with Gasteiger partial charge in [-0.15, -0.1) is 0 Å². The third-order valence-electron chi connectivity index (χ3n) is 7.75. The van der Waals surface area contributed by atoms with Crippen LogP contribution in [0.1, 0.15) is 32.6 Å². The Morgan fingerprint density at radius 1 is 0.931 bits per heavy atom. The summed E-state index contributed by atoms with van der Waals surface area (Å²) in [6.45, 7) is 7.78. The van der Waals surface area contributed by atoms with Crippen molar-refractivity contribution in [3.05, 3.63) is 18.5 Å². The third-order valence-corrected chi connectivity index (χ3v) is 7.75. The molecule has 7 heteroatoms. The highest BCUT2D eigenvalue weighted by molar-refractivity contribution is 6.06. The first-order chi connectivity index (χ1) is 14.1. The maximum absolute atomic E-state index is 12.9. The van der Waals surface area contributed by atoms with Crippen molar-refractivity contribution in [3.8, 4) is 0 Å². The van der Waals surface area contributed by atoms with Gasteiger partial charge in [-0.05, 0) is 56.0 Å². The number of piperazine rings is 1. The molecule has 2 bridgehead atoms. The van der Waals surface area contributed by atoms with E-state index < -0.39 is 0 Å². The molecule has 7 nitrogen and oxygen atoms in total. The SMILES string of the molecule is CC1CC2CC1C1C(=O)N(CCCCN3CCN(c4ncccn4)CC3)C(=O)C21. The van der Waals surface area contributed by atoms with Crippen LogP contribution in [0.4, 0.5) is 5.95 Å². The molecule has 4 aliphatic rings. The van der Waals surface area contributed by atoms with Gasteiger partial charge in [0.15, 0.2) is 0 Å². The Labute approximate surface area is 172 Å². The van der Waals surface area contributed by atoms with E-state index in [0.717, 1.165) is 64.4 Å². The molecule has 29 heavy (non-hydrogen) atoms. The first-order valence-electron chi connectivity index (χ1n) is 11.2. The van der Waals surface area contributed by atoms with E-state index in [0.29, 0.717) is 24.3 Å². The topological polar surface area (TPSA) is 69.6 Å². The molecule has 2 saturated carbocycles. The average molecular weight is 398 g/mol. The molecule has 2 aliphatic heterocycles. The van der Waals surface area contributed by atoms with E-state index in [9.17, 15) is 9.59 Å². The number of aromatic nitrogens is 2. The number of nitrogens with zero attached hydrogens (tertiary/aromatic N) is 5. The van der Waals surface area contributed by atoms with Gasteiger partial charge >= 0.3 is 0 Å². The molecule has 3 heterocycles. The van der Waals surface area contributed by atoms with Crippen LogP contribution in [-0.2, 0) is 9.59 Å². The Morgan fingerprint density at radius 3 is 2.38 bits per heavy atom. The fourth-order valence-electron chi connectivity index (χ4n) is 6.30. The number of carbonyl (C=O) groups is 2. The largest absolute Gasteiger partial charge is 0.338 e. The number of rotatable bonds is 6. The number of anilines is 1. The Balaban J connectivity index is 1.06. The predicted octanol–water partition coefficient (Wildman–Crippen LogP) is 1.66. The second-order valence-electron chi connectivity index (χ2n) is 9.34. The van der Waals surface area contributed by atoms with Crippen LogP contribution in [0.15, 0.2) is 18.5 Å². The fraction of sp³-hybridized carbons (Fsp3) is 0.727. The van der Waals surface area contributed by atoms with Crippen molar-refractivity contribution in [1.29, 1.82) is 0 Å². The molecule has 5 rings (SSSR count). The first-order valence-corrected chi connectivity index (χ1v) is 11.2. The summed E-state index contributed by atoms with van der Waals surface area (Å²) in [7, 11) is 0. The summed E-state index contributed by atoms with van der Waals surface area (Å²) in [5.41, 5.74) is 0. The molecule has 0 radical (unpaired) electrons. The highest BCUT2D eigenvalue weighted by Crippen LogP contribution is 2.58. The predicted molar refractivity (Wildman–Crippen MR) is 109 cm³/mol. The van der Waals surface area contributed by atoms with Gasteiger partial charge in [0.2, 0.25) is 17.8 Å². The summed E-state index contributed by atoms with van der Waals surface area (Å²) in [5, 5.41) is 0. The zero-order valence-electron chi connectivity index (χ0n) is 17.2. The van der Waals surface area contributed by atoms with Gasteiger partial charge in [0.25, 0.3) is 0 Å². The standard InChI is InChI=1S/C22H31N5O2/c1-15-13-16-14-17(15)19-18(16)20(28)27(21(19)29)8-3-2-7-25-9-11-26(12-10-25)22-23-5-4-6-24-22/h4-6,15-19H,2-3,7-14H2,1H3. The van der Waals surface area contributed by atoms with Gasteiger partial charge in [-0.2, -0.15) is 0 Å². The normalized spacial score (nSPS) is 34.3. The molecule has 156 valence electrons. The number of likely N-dealkylation sites (tertiary alicyclic amines) is 1. The molecule has 2 amide bonds. The molecule has 2 aliphatic carbocycles. The highest BCUT2D eigenvalue weighted by Gasteiger charge is 2.62. The summed E-state index contributed by atoms with van der Waals surface area (Å²) in [6, 6.07) is 1.84. The van der Waals surface area contributed by atoms with Crippen LogP contribution in [0.5, 0.6) is 0 Å². The monoisotopic (exact) mass is 397 g/mol. The highest BCUT2D eigenvalue weighted by atomic mass is 16.2. The number of hydrogen-bond acceptors (Lipinski definition) is 6. The van der Waals surface area contributed by atoms with E-state index in [4.69, 9.17) is 0 Å². The quantitative estimate of drug-likeness (QED) is 0.537. The van der Waals surface area contributed by atoms with Crippen LogP contribution in [0.3, 0.4) is 0 Å². The molecule has 1 aromatic heterocycles. The van der Waals surface area contributed by atoms with E-state index in [1.165, 1.54) is 0 Å². The van der Waals surface area contributed by atoms with E-state index in [2.05, 4.69) is 26.7 Å². The van der Waals surface area contributed by atoms with Crippen molar-refractivity contribution in [2.45, 2.75) is 32.6 Å². The van der Waals surface area contributed by atoms with Crippen LogP contribution < -0.4 is 4.90 Å². The van der Waals surface area contributed by atoms with Crippen molar-refractivity contribution in [1.82, 2.24) is 19.8 Å². The van der Waals surface area contributed by atoms with E-state index in [1.807, 2.05) is 6.07 Å². The number of carbonyl (C=O) groups excluding carboxylic acids is 2. The minimum atomic E-state index is 0.00420. The number of unbranched alkanes of at least 4 members (excludes halogenated alkanes) is 1. The Hall–Kier alpha value is -2.02. The molecule has 4 fully saturated rings. The van der Waals surface area contributed by atoms with Crippen LogP contribution >= 0.6 is 0 Å². The van der Waals surface area contributed by atoms with E-state index in [1.54, 1.807) is 17.3 Å². The first kappa shape index (κ1) is 19.0. The van der Waals surface area contributed by atoms with Crippen molar-refractivity contribution in [2.75, 3.05) is 44.2 Å². The van der Waals surface area contributed by atoms with Crippen LogP contribution in [0.25, 0.3) is 0 Å². The summed E-state index contributed by atoms with van der Waals surface area (Å²) in [4.78, 5) is 40.7. The average Bonchev–Trinajstić information content (AvgIpc) is 3.38. The zero-order chi connectivity index (χ0) is 20.0. The lowest BCUT2D eigenvalue weighted by atomic mass is 9.76. The lowest BCUT2D eigenvalue weighted by Gasteiger charge is -2.34. The third kappa shape index (κ3) is 3.33. The van der Waals surface area contributed by atoms with Crippen molar-refractivity contribution >= 4 is 17.8 Å². The van der Waals surface area contributed by atoms with Gasteiger partial charge in [0, 0.05) is 45.1 Å². The lowest BCUT2D eigenvalue weighted by molar-refractivity contribution is -0.140. The minimum absolute atomic E-state index is 0.00420. The van der Waals surface area contributed by atoms with Gasteiger partial charge in [-0.25, -0.2) is 9.97 Å². The number of fused-ring (bicyclic) bond motifs is 5. The Bertz CT molecular complexity index is 764. The van der Waals surface area contributed by atoms with Gasteiger partial charge in [0.1, 0.15) is 0 Å². The van der Waals surface area contributed by atoms with E-state index >= 15 is 0 Å². The zero-order valence-corrected chi connectivity index (χ0v) is 17.2. The molecule has 5 unspecified atom stereocenters. The summed E-state index contributed by atoms with van der Waals surface area (Å²) < 4.78 is 0. The number of hydrogen-bond donors (Lipinski definition) is 0. The molecular formula is C22H31N5O2. The van der Waals surface area contributed by atoms with Gasteiger partial charge in [0.05, 0.1) is 11.8 Å². The molecular weight excluding hydrogens is 366 g/mol. The molecule has 5 atom stereocenters. The van der Waals surface area contributed by atoms with Crippen LogP contribution in [0, 0.1) is 29.6 Å². The van der Waals surface area contributed by atoms with Gasteiger partial charge in [-0.1, -0.05) is 6.92 Å². The number of amides is 2. The maximum atomic E-state index is 12.9. The molecule has 0 spiro atoms. The van der Waals surface area contributed by atoms with Gasteiger partial charge < -0.3 is 4.90 Å². The van der Waals surface area contributed by atoms with Gasteiger partial charge in [-0.3, -0.25) is 19.4 Å². The molecule has 0 aromatic carbocycles. The minimum Gasteiger partial charge on any atom is -0.338 e. The lowest BCUT2D eigenvalue weighted by Crippen LogP contribution is -2.47. The molecule has 0 N–H and O–H groups in total. The Morgan fingerprint density at radius 2 is 1.62 bits per heavy atom. The second kappa shape index (κ2) is 7.67. The van der Waals surface area contributed by atoms with Crippen molar-refractivity contribution in [2.24, 2.45) is 29.6 Å². The fourth-order valence-corrected chi connectivity index (χ4v) is 6.30. The number of imide groups is 1. The molecule has 2 saturated heterocycles. The van der Waals surface area contributed by atoms with Crippen LogP contribution in [0.2, 0.25) is 0 Å². The molecule has 1 aromatic rings. The second-order valence-corrected chi connectivity index (χ2v) is 9.34. The Kier molecular flexibility index (Phi) is 5.02. The van der Waals surface area contributed by atoms with Crippen LogP contribution in [-0.4, -0.2) is 70.9 Å². The van der Waals surface area contributed by atoms with Crippen molar-refractivity contribution in [3.63, 3.8) is 0 Å². The summed E-state index contributed by atoms with van der Waals surface area (Å²) in [6.07, 6.45) is 7.74. The summed E-state index contributed by atoms with van der Waals surface area (Å²) >= 11 is 0.